The molecule has 132 valence electrons. The van der Waals surface area contributed by atoms with Crippen molar-refractivity contribution in [1.82, 2.24) is 15.7 Å². The van der Waals surface area contributed by atoms with Crippen molar-refractivity contribution in [3.63, 3.8) is 0 Å². The van der Waals surface area contributed by atoms with Gasteiger partial charge >= 0.3 is 5.97 Å². The van der Waals surface area contributed by atoms with Crippen molar-refractivity contribution in [3.8, 4) is 17.2 Å². The number of ether oxygens (including phenoxy) is 3. The topological polar surface area (TPSA) is 151 Å². The molecule has 1 aromatic heterocycles. The Morgan fingerprint density at radius 2 is 1.88 bits per heavy atom. The summed E-state index contributed by atoms with van der Waals surface area (Å²) in [5.41, 5.74) is 7.95. The first-order valence-electron chi connectivity index (χ1n) is 6.82. The molecular formula is C14H15N5O6. The molecule has 0 saturated carbocycles. The largest absolute Gasteiger partial charge is 0.493 e. The normalized spacial score (nSPS) is 10.5. The van der Waals surface area contributed by atoms with E-state index in [4.69, 9.17) is 19.9 Å². The number of nitrogens with two attached hydrogens (primary N) is 1. The minimum atomic E-state index is -0.689. The average Bonchev–Trinajstić information content (AvgIpc) is 3.01. The van der Waals surface area contributed by atoms with Crippen molar-refractivity contribution in [3.05, 3.63) is 23.4 Å². The first-order chi connectivity index (χ1) is 12.0. The summed E-state index contributed by atoms with van der Waals surface area (Å²) in [6, 6.07) is 3.09. The van der Waals surface area contributed by atoms with Gasteiger partial charge in [-0.1, -0.05) is 0 Å². The summed E-state index contributed by atoms with van der Waals surface area (Å²) in [7, 11) is 2.82. The zero-order chi connectivity index (χ0) is 18.4. The number of hydrazone groups is 1. The lowest BCUT2D eigenvalue weighted by Crippen LogP contribution is -2.19. The maximum absolute atomic E-state index is 11.8. The second kappa shape index (κ2) is 7.77. The van der Waals surface area contributed by atoms with Gasteiger partial charge in [0.2, 0.25) is 17.3 Å². The van der Waals surface area contributed by atoms with E-state index in [1.807, 2.05) is 0 Å². The minimum absolute atomic E-state index is 0.139. The number of esters is 1. The monoisotopic (exact) mass is 349 g/mol. The molecule has 3 N–H and O–H groups in total. The third kappa shape index (κ3) is 4.22. The maximum Gasteiger partial charge on any atom is 0.308 e. The first-order valence-corrected chi connectivity index (χ1v) is 6.82. The van der Waals surface area contributed by atoms with E-state index in [0.717, 1.165) is 0 Å². The van der Waals surface area contributed by atoms with Crippen LogP contribution in [0.25, 0.3) is 0 Å². The molecule has 1 heterocycles. The minimum Gasteiger partial charge on any atom is -0.493 e. The maximum atomic E-state index is 11.8. The molecule has 0 aliphatic carbocycles. The summed E-state index contributed by atoms with van der Waals surface area (Å²) in [4.78, 5) is 22.9. The van der Waals surface area contributed by atoms with E-state index >= 15 is 0 Å². The van der Waals surface area contributed by atoms with Crippen molar-refractivity contribution in [1.29, 1.82) is 0 Å². The van der Waals surface area contributed by atoms with E-state index in [1.54, 1.807) is 12.1 Å². The van der Waals surface area contributed by atoms with Crippen molar-refractivity contribution < 1.29 is 28.4 Å². The molecule has 2 rings (SSSR count). The number of nitrogen functional groups attached to an aromatic ring is 1. The molecule has 1 amide bonds. The molecule has 0 atom stereocenters. The zero-order valence-electron chi connectivity index (χ0n) is 13.6. The Morgan fingerprint density at radius 1 is 1.24 bits per heavy atom. The Kier molecular flexibility index (Phi) is 5.50. The number of methoxy groups -OCH3 is 2. The predicted molar refractivity (Wildman–Crippen MR) is 84.6 cm³/mol. The molecule has 0 aliphatic heterocycles. The molecule has 0 aliphatic rings. The van der Waals surface area contributed by atoms with Gasteiger partial charge in [-0.15, -0.1) is 0 Å². The average molecular weight is 349 g/mol. The second-order valence-electron chi connectivity index (χ2n) is 4.55. The van der Waals surface area contributed by atoms with Gasteiger partial charge < -0.3 is 19.9 Å². The molecule has 0 fully saturated rings. The highest BCUT2D eigenvalue weighted by atomic mass is 16.6. The van der Waals surface area contributed by atoms with Gasteiger partial charge in [0.25, 0.3) is 5.91 Å². The Bertz CT molecular complexity index is 791. The van der Waals surface area contributed by atoms with Gasteiger partial charge in [-0.3, -0.25) is 9.59 Å². The highest BCUT2D eigenvalue weighted by molar-refractivity contribution is 5.96. The molecule has 0 spiro atoms. The molecule has 2 aromatic rings. The van der Waals surface area contributed by atoms with E-state index < -0.39 is 11.9 Å². The van der Waals surface area contributed by atoms with Crippen LogP contribution in [0.4, 0.5) is 5.82 Å². The number of hydrogen-bond acceptors (Lipinski definition) is 10. The lowest BCUT2D eigenvalue weighted by Gasteiger charge is -2.13. The Morgan fingerprint density at radius 3 is 2.36 bits per heavy atom. The molecule has 1 aromatic carbocycles. The van der Waals surface area contributed by atoms with Crippen LogP contribution in [0.5, 0.6) is 17.2 Å². The summed E-state index contributed by atoms with van der Waals surface area (Å²) >= 11 is 0. The molecule has 11 nitrogen and oxygen atoms in total. The molecule has 0 bridgehead atoms. The van der Waals surface area contributed by atoms with Crippen LogP contribution in [0.1, 0.15) is 23.0 Å². The van der Waals surface area contributed by atoms with Crippen LogP contribution >= 0.6 is 0 Å². The Balaban J connectivity index is 2.20. The number of anilines is 1. The summed E-state index contributed by atoms with van der Waals surface area (Å²) in [6.07, 6.45) is 1.32. The van der Waals surface area contributed by atoms with Gasteiger partial charge in [0.15, 0.2) is 11.5 Å². The summed E-state index contributed by atoms with van der Waals surface area (Å²) in [5, 5.41) is 10.4. The highest BCUT2D eigenvalue weighted by Gasteiger charge is 2.17. The van der Waals surface area contributed by atoms with Gasteiger partial charge in [-0.25, -0.2) is 10.1 Å². The number of amides is 1. The van der Waals surface area contributed by atoms with E-state index in [9.17, 15) is 9.59 Å². The predicted octanol–water partition coefficient (Wildman–Crippen LogP) is 0.358. The Labute approximate surface area is 141 Å². The number of benzene rings is 1. The highest BCUT2D eigenvalue weighted by Crippen LogP contribution is 2.38. The number of carbonyl (C=O) groups is 2. The number of hydrogen-bond donors (Lipinski definition) is 2. The fourth-order valence-electron chi connectivity index (χ4n) is 1.79. The number of nitrogens with one attached hydrogen (secondary N) is 1. The van der Waals surface area contributed by atoms with Crippen molar-refractivity contribution in [2.75, 3.05) is 20.0 Å². The van der Waals surface area contributed by atoms with E-state index in [-0.39, 0.29) is 28.8 Å². The molecular weight excluding hydrogens is 334 g/mol. The van der Waals surface area contributed by atoms with Crippen LogP contribution in [0, 0.1) is 0 Å². The van der Waals surface area contributed by atoms with Gasteiger partial charge in [0, 0.05) is 12.5 Å². The second-order valence-corrected chi connectivity index (χ2v) is 4.55. The lowest BCUT2D eigenvalue weighted by atomic mass is 10.2. The molecule has 0 saturated heterocycles. The summed E-state index contributed by atoms with van der Waals surface area (Å²) in [6.45, 7) is 1.26. The van der Waals surface area contributed by atoms with Crippen molar-refractivity contribution in [2.45, 2.75) is 6.92 Å². The zero-order valence-corrected chi connectivity index (χ0v) is 13.6. The number of nitrogens with zero attached hydrogens (tertiary/aromatic N) is 3. The number of aromatic nitrogens is 2. The molecule has 0 radical (unpaired) electrons. The quantitative estimate of drug-likeness (QED) is 0.326. The fourth-order valence-corrected chi connectivity index (χ4v) is 1.79. The van der Waals surface area contributed by atoms with Gasteiger partial charge in [-0.2, -0.15) is 5.10 Å². The van der Waals surface area contributed by atoms with Gasteiger partial charge in [0.1, 0.15) is 0 Å². The van der Waals surface area contributed by atoms with Crippen LogP contribution in [-0.2, 0) is 4.79 Å². The third-order valence-electron chi connectivity index (χ3n) is 2.84. The lowest BCUT2D eigenvalue weighted by molar-refractivity contribution is -0.132. The van der Waals surface area contributed by atoms with Crippen LogP contribution in [0.3, 0.4) is 0 Å². The summed E-state index contributed by atoms with van der Waals surface area (Å²) < 4.78 is 19.8. The van der Waals surface area contributed by atoms with E-state index in [1.165, 1.54) is 27.4 Å². The van der Waals surface area contributed by atoms with Crippen LogP contribution < -0.4 is 25.4 Å². The smallest absolute Gasteiger partial charge is 0.308 e. The van der Waals surface area contributed by atoms with E-state index in [2.05, 4.69) is 25.5 Å². The third-order valence-corrected chi connectivity index (χ3v) is 2.84. The van der Waals surface area contributed by atoms with E-state index in [0.29, 0.717) is 5.56 Å². The fraction of sp³-hybridized carbons (Fsp3) is 0.214. The first kappa shape index (κ1) is 17.7. The van der Waals surface area contributed by atoms with Crippen LogP contribution in [-0.4, -0.2) is 42.6 Å². The SMILES string of the molecule is COc1cc(C=NNC(=O)c2nonc2N)cc(OC)c1OC(C)=O. The van der Waals surface area contributed by atoms with Gasteiger partial charge in [-0.05, 0) is 22.4 Å². The standard InChI is InChI=1S/C14H15N5O6/c1-7(20)24-12-9(22-2)4-8(5-10(12)23-3)6-16-17-14(21)11-13(15)19-25-18-11/h4-6H,1-3H3,(H2,15,19)(H,17,21). The number of rotatable bonds is 6. The Hall–Kier alpha value is -3.63. The molecule has 25 heavy (non-hydrogen) atoms. The van der Waals surface area contributed by atoms with Crippen LogP contribution in [0.2, 0.25) is 0 Å². The summed E-state index contributed by atoms with van der Waals surface area (Å²) in [5.74, 6) is -0.712. The van der Waals surface area contributed by atoms with Gasteiger partial charge in [0.05, 0.1) is 20.4 Å². The van der Waals surface area contributed by atoms with Crippen molar-refractivity contribution in [2.24, 2.45) is 5.10 Å². The molecule has 0 unspecified atom stereocenters. The van der Waals surface area contributed by atoms with Crippen molar-refractivity contribution >= 4 is 23.9 Å². The number of carbonyl (C=O) groups excluding carboxylic acids is 2. The molecule has 11 heteroatoms. The van der Waals surface area contributed by atoms with Crippen LogP contribution in [0.15, 0.2) is 21.9 Å².